The van der Waals surface area contributed by atoms with Gasteiger partial charge < -0.3 is 9.80 Å². The van der Waals surface area contributed by atoms with Crippen LogP contribution in [0, 0.1) is 6.92 Å². The molecule has 0 aliphatic carbocycles. The van der Waals surface area contributed by atoms with Crippen molar-refractivity contribution in [3.8, 4) is 0 Å². The van der Waals surface area contributed by atoms with Crippen LogP contribution >= 0.6 is 0 Å². The van der Waals surface area contributed by atoms with E-state index in [9.17, 15) is 0 Å². The fourth-order valence-corrected chi connectivity index (χ4v) is 2.43. The number of aryl methyl sites for hydroxylation is 1. The van der Waals surface area contributed by atoms with Crippen molar-refractivity contribution in [2.24, 2.45) is 0 Å². The van der Waals surface area contributed by atoms with E-state index in [1.54, 1.807) is 0 Å². The van der Waals surface area contributed by atoms with Crippen LogP contribution in [0.1, 0.15) is 25.0 Å². The molecular weight excluding hydrogens is 208 g/mol. The van der Waals surface area contributed by atoms with E-state index in [0.717, 1.165) is 24.6 Å². The van der Waals surface area contributed by atoms with Crippen molar-refractivity contribution in [3.63, 3.8) is 0 Å². The summed E-state index contributed by atoms with van der Waals surface area (Å²) < 4.78 is 0. The van der Waals surface area contributed by atoms with E-state index in [0.29, 0.717) is 0 Å². The van der Waals surface area contributed by atoms with Gasteiger partial charge in [0.05, 0.1) is 5.69 Å². The Kier molecular flexibility index (Phi) is 2.97. The highest BCUT2D eigenvalue weighted by Crippen LogP contribution is 2.38. The second kappa shape index (κ2) is 4.28. The van der Waals surface area contributed by atoms with Gasteiger partial charge in [-0.15, -0.1) is 0 Å². The molecule has 1 aromatic rings. The van der Waals surface area contributed by atoms with E-state index in [1.807, 2.05) is 0 Å². The molecule has 0 spiro atoms. The van der Waals surface area contributed by atoms with E-state index in [-0.39, 0.29) is 0 Å². The zero-order valence-corrected chi connectivity index (χ0v) is 11.0. The van der Waals surface area contributed by atoms with Crippen molar-refractivity contribution in [1.82, 2.24) is 4.90 Å². The van der Waals surface area contributed by atoms with Crippen molar-refractivity contribution in [2.45, 2.75) is 20.8 Å². The fraction of sp³-hybridized carbons (Fsp3) is 0.333. The minimum Gasteiger partial charge on any atom is -0.328 e. The molecule has 0 aromatic heterocycles. The lowest BCUT2D eigenvalue weighted by molar-refractivity contribution is 0.488. The Labute approximate surface area is 104 Å². The van der Waals surface area contributed by atoms with Crippen molar-refractivity contribution in [2.75, 3.05) is 18.0 Å². The summed E-state index contributed by atoms with van der Waals surface area (Å²) in [5, 5.41) is 0. The first-order valence-electron chi connectivity index (χ1n) is 6.14. The quantitative estimate of drug-likeness (QED) is 0.763. The van der Waals surface area contributed by atoms with E-state index in [2.05, 4.69) is 61.9 Å². The normalized spacial score (nSPS) is 15.2. The molecule has 0 bridgehead atoms. The number of fused-ring (bicyclic) bond motifs is 1. The SMILES string of the molecule is C=C1c2cc(C)ccc2N(CC)C(=C)N1CC. The third-order valence-electron chi connectivity index (χ3n) is 3.34. The van der Waals surface area contributed by atoms with Crippen LogP contribution in [0.2, 0.25) is 0 Å². The van der Waals surface area contributed by atoms with Crippen molar-refractivity contribution in [3.05, 3.63) is 48.3 Å². The molecule has 0 atom stereocenters. The summed E-state index contributed by atoms with van der Waals surface area (Å²) in [4.78, 5) is 4.41. The number of rotatable bonds is 2. The Morgan fingerprint density at radius 2 is 1.71 bits per heavy atom. The van der Waals surface area contributed by atoms with Gasteiger partial charge in [0.2, 0.25) is 0 Å². The smallest absolute Gasteiger partial charge is 0.105 e. The molecule has 0 saturated heterocycles. The molecule has 90 valence electrons. The highest BCUT2D eigenvalue weighted by molar-refractivity contribution is 5.81. The highest BCUT2D eigenvalue weighted by Gasteiger charge is 2.26. The summed E-state index contributed by atoms with van der Waals surface area (Å²) >= 11 is 0. The third kappa shape index (κ3) is 1.74. The minimum absolute atomic E-state index is 0.904. The molecule has 2 nitrogen and oxygen atoms in total. The van der Waals surface area contributed by atoms with Crippen LogP contribution in [0.15, 0.2) is 37.2 Å². The van der Waals surface area contributed by atoms with Crippen LogP contribution in [0.3, 0.4) is 0 Å². The van der Waals surface area contributed by atoms with Gasteiger partial charge in [-0.05, 0) is 32.9 Å². The van der Waals surface area contributed by atoms with Gasteiger partial charge >= 0.3 is 0 Å². The van der Waals surface area contributed by atoms with Gasteiger partial charge in [-0.3, -0.25) is 0 Å². The molecule has 0 unspecified atom stereocenters. The van der Waals surface area contributed by atoms with Crippen LogP contribution in [-0.2, 0) is 0 Å². The zero-order valence-electron chi connectivity index (χ0n) is 11.0. The van der Waals surface area contributed by atoms with E-state index >= 15 is 0 Å². The van der Waals surface area contributed by atoms with Gasteiger partial charge in [0.25, 0.3) is 0 Å². The van der Waals surface area contributed by atoms with E-state index in [4.69, 9.17) is 0 Å². The average Bonchev–Trinajstić information content (AvgIpc) is 2.31. The van der Waals surface area contributed by atoms with Gasteiger partial charge in [-0.1, -0.05) is 24.8 Å². The van der Waals surface area contributed by atoms with Gasteiger partial charge in [-0.2, -0.15) is 0 Å². The predicted octanol–water partition coefficient (Wildman–Crippen LogP) is 3.60. The summed E-state index contributed by atoms with van der Waals surface area (Å²) in [6.45, 7) is 16.6. The minimum atomic E-state index is 0.904. The Morgan fingerprint density at radius 1 is 1.06 bits per heavy atom. The first kappa shape index (κ1) is 11.8. The number of anilines is 1. The van der Waals surface area contributed by atoms with Gasteiger partial charge in [-0.25, -0.2) is 0 Å². The summed E-state index contributed by atoms with van der Waals surface area (Å²) in [5.41, 5.74) is 4.77. The second-order valence-electron chi connectivity index (χ2n) is 4.37. The topological polar surface area (TPSA) is 6.48 Å². The molecule has 2 rings (SSSR count). The maximum absolute atomic E-state index is 4.21. The Balaban J connectivity index is 2.60. The summed E-state index contributed by atoms with van der Waals surface area (Å²) in [6, 6.07) is 6.51. The molecular formula is C15H20N2. The van der Waals surface area contributed by atoms with Crippen LogP contribution < -0.4 is 4.90 Å². The number of hydrogen-bond acceptors (Lipinski definition) is 2. The lowest BCUT2D eigenvalue weighted by atomic mass is 10.0. The first-order chi connectivity index (χ1) is 8.10. The van der Waals surface area contributed by atoms with Crippen LogP contribution in [0.5, 0.6) is 0 Å². The average molecular weight is 228 g/mol. The third-order valence-corrected chi connectivity index (χ3v) is 3.34. The Bertz CT molecular complexity index is 474. The largest absolute Gasteiger partial charge is 0.328 e. The van der Waals surface area contributed by atoms with Crippen LogP contribution in [-0.4, -0.2) is 18.0 Å². The van der Waals surface area contributed by atoms with E-state index in [1.165, 1.54) is 16.8 Å². The number of hydrogen-bond donors (Lipinski definition) is 0. The maximum Gasteiger partial charge on any atom is 0.105 e. The van der Waals surface area contributed by atoms with Gasteiger partial charge in [0, 0.05) is 24.4 Å². The van der Waals surface area contributed by atoms with Gasteiger partial charge in [0.15, 0.2) is 0 Å². The fourth-order valence-electron chi connectivity index (χ4n) is 2.43. The Morgan fingerprint density at radius 3 is 2.29 bits per heavy atom. The van der Waals surface area contributed by atoms with Crippen molar-refractivity contribution in [1.29, 1.82) is 0 Å². The van der Waals surface area contributed by atoms with E-state index < -0.39 is 0 Å². The number of benzene rings is 1. The number of nitrogens with zero attached hydrogens (tertiary/aromatic N) is 2. The van der Waals surface area contributed by atoms with Gasteiger partial charge in [0.1, 0.15) is 5.82 Å². The zero-order chi connectivity index (χ0) is 12.6. The molecule has 0 N–H and O–H groups in total. The molecule has 0 fully saturated rings. The van der Waals surface area contributed by atoms with Crippen LogP contribution in [0.25, 0.3) is 5.70 Å². The molecule has 0 radical (unpaired) electrons. The predicted molar refractivity (Wildman–Crippen MR) is 74.8 cm³/mol. The second-order valence-corrected chi connectivity index (χ2v) is 4.37. The maximum atomic E-state index is 4.21. The molecule has 0 amide bonds. The standard InChI is InChI=1S/C15H20N2/c1-6-16-12(4)14-10-11(3)8-9-15(14)17(7-2)13(16)5/h8-10H,4-7H2,1-3H3. The molecule has 1 aliphatic rings. The summed E-state index contributed by atoms with van der Waals surface area (Å²) in [6.07, 6.45) is 0. The molecule has 17 heavy (non-hydrogen) atoms. The highest BCUT2D eigenvalue weighted by atomic mass is 15.4. The lowest BCUT2D eigenvalue weighted by Crippen LogP contribution is -2.38. The monoisotopic (exact) mass is 228 g/mol. The first-order valence-corrected chi connectivity index (χ1v) is 6.14. The van der Waals surface area contributed by atoms with Crippen LogP contribution in [0.4, 0.5) is 5.69 Å². The molecule has 1 heterocycles. The molecule has 1 aromatic carbocycles. The summed E-state index contributed by atoms with van der Waals surface area (Å²) in [5.74, 6) is 1.02. The summed E-state index contributed by atoms with van der Waals surface area (Å²) in [7, 11) is 0. The Hall–Kier alpha value is -1.70. The van der Waals surface area contributed by atoms with Crippen molar-refractivity contribution >= 4 is 11.4 Å². The molecule has 1 aliphatic heterocycles. The molecule has 0 saturated carbocycles. The molecule has 2 heteroatoms. The lowest BCUT2D eigenvalue weighted by Gasteiger charge is -2.41. The van der Waals surface area contributed by atoms with Crippen molar-refractivity contribution < 1.29 is 0 Å².